The molecule has 2 aliphatic carbocycles. The van der Waals surface area contributed by atoms with Gasteiger partial charge in [-0.15, -0.1) is 0 Å². The van der Waals surface area contributed by atoms with Gasteiger partial charge in [0.05, 0.1) is 45.6 Å². The van der Waals surface area contributed by atoms with Gasteiger partial charge in [0.2, 0.25) is 5.69 Å². The maximum absolute atomic E-state index is 11.0. The molecule has 0 aliphatic heterocycles. The Kier molecular flexibility index (Phi) is 5.90. The molecule has 0 radical (unpaired) electrons. The van der Waals surface area contributed by atoms with E-state index in [1.54, 1.807) is 0 Å². The van der Waals surface area contributed by atoms with E-state index in [1.165, 1.54) is 55.3 Å². The summed E-state index contributed by atoms with van der Waals surface area (Å²) in [5.41, 5.74) is 16.4. The molecule has 0 atom stereocenters. The Morgan fingerprint density at radius 2 is 0.981 bits per heavy atom. The van der Waals surface area contributed by atoms with Crippen LogP contribution >= 0.6 is 0 Å². The Bertz CT molecular complexity index is 3020. The zero-order valence-corrected chi connectivity index (χ0v) is 30.5. The van der Waals surface area contributed by atoms with Crippen LogP contribution in [0.15, 0.2) is 133 Å². The summed E-state index contributed by atoms with van der Waals surface area (Å²) in [5, 5.41) is 15.7. The average Bonchev–Trinajstić information content (AvgIpc) is 3.86. The molecule has 0 saturated heterocycles. The van der Waals surface area contributed by atoms with Crippen molar-refractivity contribution in [3.63, 3.8) is 0 Å². The van der Waals surface area contributed by atoms with Crippen LogP contribution in [0.5, 0.6) is 0 Å². The lowest BCUT2D eigenvalue weighted by Crippen LogP contribution is -2.15. The summed E-state index contributed by atoms with van der Waals surface area (Å²) in [7, 11) is 0. The first-order chi connectivity index (χ1) is 26.3. The molecule has 9 aromatic rings. The summed E-state index contributed by atoms with van der Waals surface area (Å²) in [5.74, 6) is 0. The second-order valence-electron chi connectivity index (χ2n) is 15.9. The summed E-state index contributed by atoms with van der Waals surface area (Å²) in [6.07, 6.45) is 0. The molecule has 0 bridgehead atoms. The Morgan fingerprint density at radius 3 is 1.48 bits per heavy atom. The third-order valence-corrected chi connectivity index (χ3v) is 12.5. The van der Waals surface area contributed by atoms with Gasteiger partial charge in [-0.3, -0.25) is 0 Å². The number of hydrogen-bond donors (Lipinski definition) is 0. The molecule has 0 fully saturated rings. The highest BCUT2D eigenvalue weighted by molar-refractivity contribution is 6.16. The Balaban J connectivity index is 1.20. The Hall–Kier alpha value is -6.88. The molecule has 2 aliphatic rings. The molecule has 4 heteroatoms. The smallest absolute Gasteiger partial charge is 0.212 e. The number of nitriles is 1. The number of nitrogens with zero attached hydrogens (tertiary/aromatic N) is 4. The van der Waals surface area contributed by atoms with Gasteiger partial charge in [0.15, 0.2) is 0 Å². The summed E-state index contributed by atoms with van der Waals surface area (Å²) < 4.78 is 4.42. The first kappa shape index (κ1) is 30.7. The van der Waals surface area contributed by atoms with E-state index in [4.69, 9.17) is 6.57 Å². The highest BCUT2D eigenvalue weighted by atomic mass is 15.0. The van der Waals surface area contributed by atoms with E-state index < -0.39 is 0 Å². The standard InChI is InChI=1S/C50H34N4/c1-49(2)36-18-10-6-14-30(36)32-22-24-41-45(47(32)49)34-16-8-12-20-39(34)53(41)43-27-38(52-5)44(26-29(43)28-51)54-40-21-13-9-17-35(40)46-42(54)25-23-33-31-15-7-11-19-37(31)50(3,4)48(33)46/h6-27H,1-4H3. The highest BCUT2D eigenvalue weighted by Crippen LogP contribution is 2.55. The molecule has 0 amide bonds. The molecule has 2 aromatic heterocycles. The zero-order chi connectivity index (χ0) is 36.7. The van der Waals surface area contributed by atoms with Crippen molar-refractivity contribution in [1.82, 2.24) is 9.13 Å². The predicted octanol–water partition coefficient (Wildman–Crippen LogP) is 12.9. The molecule has 7 aromatic carbocycles. The molecule has 0 saturated carbocycles. The van der Waals surface area contributed by atoms with Crippen LogP contribution in [0.3, 0.4) is 0 Å². The van der Waals surface area contributed by atoms with Crippen molar-refractivity contribution in [1.29, 1.82) is 5.26 Å². The van der Waals surface area contributed by atoms with Crippen molar-refractivity contribution >= 4 is 49.3 Å². The lowest BCUT2D eigenvalue weighted by molar-refractivity contribution is 0.666. The lowest BCUT2D eigenvalue weighted by atomic mass is 9.80. The minimum absolute atomic E-state index is 0.211. The van der Waals surface area contributed by atoms with Crippen LogP contribution in [0.25, 0.3) is 82.1 Å². The van der Waals surface area contributed by atoms with Crippen LogP contribution in [0, 0.1) is 17.9 Å². The monoisotopic (exact) mass is 690 g/mol. The van der Waals surface area contributed by atoms with Crippen LogP contribution in [-0.2, 0) is 10.8 Å². The highest BCUT2D eigenvalue weighted by Gasteiger charge is 2.39. The molecule has 11 rings (SSSR count). The molecule has 0 spiro atoms. The van der Waals surface area contributed by atoms with Gasteiger partial charge in [-0.25, -0.2) is 4.85 Å². The van der Waals surface area contributed by atoms with Crippen molar-refractivity contribution in [3.8, 4) is 39.7 Å². The summed E-state index contributed by atoms with van der Waals surface area (Å²) in [6, 6.07) is 49.8. The molecule has 4 nitrogen and oxygen atoms in total. The largest absolute Gasteiger partial charge is 0.319 e. The van der Waals surface area contributed by atoms with Gasteiger partial charge in [0, 0.05) is 32.4 Å². The van der Waals surface area contributed by atoms with Gasteiger partial charge in [-0.05, 0) is 80.9 Å². The van der Waals surface area contributed by atoms with Crippen LogP contribution in [-0.4, -0.2) is 9.13 Å². The predicted molar refractivity (Wildman–Crippen MR) is 221 cm³/mol. The normalized spacial score (nSPS) is 14.6. The van der Waals surface area contributed by atoms with Crippen LogP contribution in [0.1, 0.15) is 55.5 Å². The quantitative estimate of drug-likeness (QED) is 0.166. The lowest BCUT2D eigenvalue weighted by Gasteiger charge is -2.23. The number of hydrogen-bond acceptors (Lipinski definition) is 1. The van der Waals surface area contributed by atoms with E-state index in [2.05, 4.69) is 169 Å². The fourth-order valence-corrected chi connectivity index (χ4v) is 10.3. The minimum atomic E-state index is -0.212. The second kappa shape index (κ2) is 10.4. The number of benzene rings is 7. The van der Waals surface area contributed by atoms with Crippen molar-refractivity contribution in [2.24, 2.45) is 0 Å². The molecule has 0 N–H and O–H groups in total. The van der Waals surface area contributed by atoms with Gasteiger partial charge >= 0.3 is 0 Å². The number of aromatic nitrogens is 2. The van der Waals surface area contributed by atoms with E-state index in [0.29, 0.717) is 22.6 Å². The van der Waals surface area contributed by atoms with E-state index in [9.17, 15) is 5.26 Å². The maximum atomic E-state index is 11.0. The fourth-order valence-electron chi connectivity index (χ4n) is 10.3. The van der Waals surface area contributed by atoms with Gasteiger partial charge in [0.25, 0.3) is 0 Å². The third kappa shape index (κ3) is 3.65. The third-order valence-electron chi connectivity index (χ3n) is 12.5. The Labute approximate surface area is 313 Å². The van der Waals surface area contributed by atoms with E-state index in [-0.39, 0.29) is 10.8 Å². The van der Waals surface area contributed by atoms with E-state index >= 15 is 0 Å². The van der Waals surface area contributed by atoms with Crippen LogP contribution in [0.4, 0.5) is 5.69 Å². The number of rotatable bonds is 2. The van der Waals surface area contributed by atoms with Crippen molar-refractivity contribution in [2.45, 2.75) is 38.5 Å². The number of para-hydroxylation sites is 2. The van der Waals surface area contributed by atoms with E-state index in [1.807, 2.05) is 12.1 Å². The average molecular weight is 691 g/mol. The van der Waals surface area contributed by atoms with Gasteiger partial charge < -0.3 is 9.13 Å². The van der Waals surface area contributed by atoms with Gasteiger partial charge in [0.1, 0.15) is 6.07 Å². The molecule has 0 unspecified atom stereocenters. The summed E-state index contributed by atoms with van der Waals surface area (Å²) in [6.45, 7) is 17.9. The topological polar surface area (TPSA) is 38.0 Å². The van der Waals surface area contributed by atoms with Crippen molar-refractivity contribution in [2.75, 3.05) is 0 Å². The minimum Gasteiger partial charge on any atom is -0.319 e. The molecular formula is C50H34N4. The number of fused-ring (bicyclic) bond motifs is 14. The first-order valence-electron chi connectivity index (χ1n) is 18.5. The Morgan fingerprint density at radius 1 is 0.519 bits per heavy atom. The van der Waals surface area contributed by atoms with Crippen LogP contribution < -0.4 is 0 Å². The van der Waals surface area contributed by atoms with Gasteiger partial charge in [-0.2, -0.15) is 5.26 Å². The molecule has 54 heavy (non-hydrogen) atoms. The maximum Gasteiger partial charge on any atom is 0.212 e. The zero-order valence-electron chi connectivity index (χ0n) is 30.5. The van der Waals surface area contributed by atoms with E-state index in [0.717, 1.165) is 32.8 Å². The molecule has 254 valence electrons. The summed E-state index contributed by atoms with van der Waals surface area (Å²) in [4.78, 5) is 4.19. The van der Waals surface area contributed by atoms with Crippen molar-refractivity contribution < 1.29 is 0 Å². The summed E-state index contributed by atoms with van der Waals surface area (Å²) >= 11 is 0. The first-order valence-corrected chi connectivity index (χ1v) is 18.5. The fraction of sp³-hybridized carbons (Fsp3) is 0.120. The van der Waals surface area contributed by atoms with Crippen molar-refractivity contribution in [3.05, 3.63) is 173 Å². The second-order valence-corrected chi connectivity index (χ2v) is 15.9. The molecular weight excluding hydrogens is 657 g/mol. The molecule has 2 heterocycles. The van der Waals surface area contributed by atoms with Gasteiger partial charge in [-0.1, -0.05) is 125 Å². The SMILES string of the molecule is [C-]#[N+]c1cc(-n2c3ccccc3c3c4c(ccc32)-c2ccccc2C4(C)C)c(C#N)cc1-n1c2ccccc2c2c3c(ccc21)-c1ccccc1C3(C)C. The van der Waals surface area contributed by atoms with Crippen LogP contribution in [0.2, 0.25) is 0 Å².